The van der Waals surface area contributed by atoms with Crippen molar-refractivity contribution in [2.45, 2.75) is 30.6 Å². The number of carbonyl (C=O) groups excluding carboxylic acids is 1. The highest BCUT2D eigenvalue weighted by molar-refractivity contribution is 7.90. The Balaban J connectivity index is 2.07. The van der Waals surface area contributed by atoms with Crippen molar-refractivity contribution < 1.29 is 17.9 Å². The molecule has 0 amide bonds. The number of nitrogens with zero attached hydrogens (tertiary/aromatic N) is 1. The Labute approximate surface area is 105 Å². The number of nitrogens with one attached hydrogen (secondary N) is 2. The van der Waals surface area contributed by atoms with E-state index < -0.39 is 22.0 Å². The Morgan fingerprint density at radius 1 is 1.67 bits per heavy atom. The first-order chi connectivity index (χ1) is 8.53. The number of imidazole rings is 1. The first-order valence-electron chi connectivity index (χ1n) is 5.59. The zero-order valence-electron chi connectivity index (χ0n) is 9.92. The number of hydrogen-bond acceptors (Lipinski definition) is 5. The number of aromatic amines is 1. The van der Waals surface area contributed by atoms with E-state index in [9.17, 15) is 13.2 Å². The fraction of sp³-hybridized carbons (Fsp3) is 0.600. The van der Waals surface area contributed by atoms with Crippen LogP contribution in [0.5, 0.6) is 0 Å². The molecular weight excluding hydrogens is 258 g/mol. The van der Waals surface area contributed by atoms with Gasteiger partial charge in [0.25, 0.3) is 0 Å². The average Bonchev–Trinajstić information content (AvgIpc) is 3.08. The van der Waals surface area contributed by atoms with Crippen LogP contribution in [0.15, 0.2) is 12.5 Å². The number of esters is 1. The molecule has 0 aliphatic heterocycles. The molecule has 1 aliphatic rings. The molecule has 2 N–H and O–H groups in total. The third-order valence-corrected chi connectivity index (χ3v) is 4.70. The first-order valence-corrected chi connectivity index (χ1v) is 7.14. The van der Waals surface area contributed by atoms with Gasteiger partial charge in [0.2, 0.25) is 10.0 Å². The van der Waals surface area contributed by atoms with Gasteiger partial charge in [-0.25, -0.2) is 18.1 Å². The summed E-state index contributed by atoms with van der Waals surface area (Å²) >= 11 is 0. The van der Waals surface area contributed by atoms with Crippen LogP contribution in [0, 0.1) is 0 Å². The fourth-order valence-corrected chi connectivity index (χ4v) is 3.13. The third-order valence-electron chi connectivity index (χ3n) is 2.73. The number of sulfonamides is 1. The summed E-state index contributed by atoms with van der Waals surface area (Å²) in [6, 6.07) is -0.916. The van der Waals surface area contributed by atoms with Crippen LogP contribution < -0.4 is 4.72 Å². The summed E-state index contributed by atoms with van der Waals surface area (Å²) in [5.41, 5.74) is 0.670. The second-order valence-electron chi connectivity index (χ2n) is 4.22. The molecule has 8 heteroatoms. The third kappa shape index (κ3) is 3.08. The molecule has 7 nitrogen and oxygen atoms in total. The van der Waals surface area contributed by atoms with E-state index >= 15 is 0 Å². The standard InChI is InChI=1S/C10H15N3O4S/c1-17-10(14)9(4-7-5-11-6-12-7)13-18(15,16)8-2-3-8/h5-6,8-9,13H,2-4H2,1H3,(H,11,12)/t9-/m0/s1. The number of H-pyrrole nitrogens is 1. The summed E-state index contributed by atoms with van der Waals surface area (Å²) in [5, 5.41) is -0.369. The van der Waals surface area contributed by atoms with Crippen LogP contribution in [-0.4, -0.2) is 42.8 Å². The lowest BCUT2D eigenvalue weighted by Crippen LogP contribution is -2.44. The van der Waals surface area contributed by atoms with E-state index in [2.05, 4.69) is 19.4 Å². The molecule has 1 aromatic rings. The minimum atomic E-state index is -3.43. The van der Waals surface area contributed by atoms with Crippen molar-refractivity contribution in [2.75, 3.05) is 7.11 Å². The van der Waals surface area contributed by atoms with Crippen molar-refractivity contribution in [3.05, 3.63) is 18.2 Å². The zero-order chi connectivity index (χ0) is 13.2. The minimum absolute atomic E-state index is 0.193. The molecule has 1 aromatic heterocycles. The van der Waals surface area contributed by atoms with Gasteiger partial charge in [0.15, 0.2) is 0 Å². The highest BCUT2D eigenvalue weighted by Gasteiger charge is 2.38. The Morgan fingerprint density at radius 3 is 2.89 bits per heavy atom. The lowest BCUT2D eigenvalue weighted by molar-refractivity contribution is -0.142. The summed E-state index contributed by atoms with van der Waals surface area (Å²) in [6.45, 7) is 0. The maximum absolute atomic E-state index is 11.8. The van der Waals surface area contributed by atoms with E-state index in [0.29, 0.717) is 18.5 Å². The average molecular weight is 273 g/mol. The maximum Gasteiger partial charge on any atom is 0.324 e. The van der Waals surface area contributed by atoms with E-state index in [0.717, 1.165) is 0 Å². The highest BCUT2D eigenvalue weighted by Crippen LogP contribution is 2.27. The molecule has 2 rings (SSSR count). The number of rotatable bonds is 6. The number of methoxy groups -OCH3 is 1. The van der Waals surface area contributed by atoms with E-state index in [1.165, 1.54) is 13.4 Å². The van der Waals surface area contributed by atoms with E-state index in [1.54, 1.807) is 6.20 Å². The molecule has 1 heterocycles. The van der Waals surface area contributed by atoms with E-state index in [1.807, 2.05) is 0 Å². The van der Waals surface area contributed by atoms with E-state index in [-0.39, 0.29) is 11.7 Å². The Bertz CT molecular complexity index is 507. The molecule has 1 saturated carbocycles. The molecule has 100 valence electrons. The van der Waals surface area contributed by atoms with Crippen LogP contribution in [0.4, 0.5) is 0 Å². The van der Waals surface area contributed by atoms with E-state index in [4.69, 9.17) is 0 Å². The molecule has 0 unspecified atom stereocenters. The quantitative estimate of drug-likeness (QED) is 0.685. The summed E-state index contributed by atoms with van der Waals surface area (Å²) in [5.74, 6) is -0.603. The molecule has 0 aromatic carbocycles. The van der Waals surface area contributed by atoms with Gasteiger partial charge in [-0.1, -0.05) is 0 Å². The predicted molar refractivity (Wildman–Crippen MR) is 63.2 cm³/mol. The predicted octanol–water partition coefficient (Wildman–Crippen LogP) is -0.424. The molecule has 18 heavy (non-hydrogen) atoms. The van der Waals surface area contributed by atoms with Crippen molar-refractivity contribution in [1.29, 1.82) is 0 Å². The number of aromatic nitrogens is 2. The molecule has 0 saturated heterocycles. The van der Waals surface area contributed by atoms with Gasteiger partial charge in [0, 0.05) is 18.3 Å². The van der Waals surface area contributed by atoms with Crippen LogP contribution in [0.1, 0.15) is 18.5 Å². The van der Waals surface area contributed by atoms with Gasteiger partial charge in [-0.15, -0.1) is 0 Å². The molecule has 0 spiro atoms. The van der Waals surface area contributed by atoms with Crippen LogP contribution >= 0.6 is 0 Å². The SMILES string of the molecule is COC(=O)[C@H](Cc1cnc[nH]1)NS(=O)(=O)C1CC1. The lowest BCUT2D eigenvalue weighted by atomic mass is 10.2. The summed E-state index contributed by atoms with van der Waals surface area (Å²) in [4.78, 5) is 18.2. The van der Waals surface area contributed by atoms with Crippen molar-refractivity contribution in [3.8, 4) is 0 Å². The topological polar surface area (TPSA) is 101 Å². The van der Waals surface area contributed by atoms with Gasteiger partial charge in [-0.05, 0) is 12.8 Å². The normalized spacial score (nSPS) is 17.4. The molecular formula is C10H15N3O4S. The Kier molecular flexibility index (Phi) is 3.67. The van der Waals surface area contributed by atoms with Crippen molar-refractivity contribution >= 4 is 16.0 Å². The first kappa shape index (κ1) is 13.0. The Hall–Kier alpha value is -1.41. The fourth-order valence-electron chi connectivity index (χ4n) is 1.60. The monoisotopic (exact) mass is 273 g/mol. The van der Waals surface area contributed by atoms with Gasteiger partial charge in [-0.3, -0.25) is 4.79 Å². The largest absolute Gasteiger partial charge is 0.468 e. The highest BCUT2D eigenvalue weighted by atomic mass is 32.2. The van der Waals surface area contributed by atoms with Gasteiger partial charge >= 0.3 is 5.97 Å². The van der Waals surface area contributed by atoms with Crippen molar-refractivity contribution in [2.24, 2.45) is 0 Å². The number of hydrogen-bond donors (Lipinski definition) is 2. The zero-order valence-corrected chi connectivity index (χ0v) is 10.7. The maximum atomic E-state index is 11.8. The smallest absolute Gasteiger partial charge is 0.324 e. The van der Waals surface area contributed by atoms with Gasteiger partial charge in [0.1, 0.15) is 6.04 Å². The summed E-state index contributed by atoms with van der Waals surface area (Å²) in [7, 11) is -2.20. The van der Waals surface area contributed by atoms with Crippen molar-refractivity contribution in [3.63, 3.8) is 0 Å². The number of carbonyl (C=O) groups is 1. The van der Waals surface area contributed by atoms with Gasteiger partial charge < -0.3 is 9.72 Å². The Morgan fingerprint density at radius 2 is 2.39 bits per heavy atom. The molecule has 1 aliphatic carbocycles. The second kappa shape index (κ2) is 5.07. The van der Waals surface area contributed by atoms with Crippen LogP contribution in [0.2, 0.25) is 0 Å². The molecule has 1 atom stereocenters. The minimum Gasteiger partial charge on any atom is -0.468 e. The van der Waals surface area contributed by atoms with Crippen LogP contribution in [0.25, 0.3) is 0 Å². The summed E-state index contributed by atoms with van der Waals surface area (Å²) < 4.78 is 30.6. The second-order valence-corrected chi connectivity index (χ2v) is 6.21. The molecule has 1 fully saturated rings. The van der Waals surface area contributed by atoms with Gasteiger partial charge in [-0.2, -0.15) is 0 Å². The lowest BCUT2D eigenvalue weighted by Gasteiger charge is -2.15. The van der Waals surface area contributed by atoms with Crippen LogP contribution in [-0.2, 0) is 26.0 Å². The molecule has 0 bridgehead atoms. The van der Waals surface area contributed by atoms with Gasteiger partial charge in [0.05, 0.1) is 18.7 Å². The van der Waals surface area contributed by atoms with Crippen molar-refractivity contribution in [1.82, 2.24) is 14.7 Å². The summed E-state index contributed by atoms with van der Waals surface area (Å²) in [6.07, 6.45) is 4.50. The molecule has 0 radical (unpaired) electrons. The van der Waals surface area contributed by atoms with Crippen LogP contribution in [0.3, 0.4) is 0 Å². The number of ether oxygens (including phenoxy) is 1.